The molecule has 326 valence electrons. The molecule has 0 saturated heterocycles. The second kappa shape index (κ2) is 43.5. The van der Waals surface area contributed by atoms with Crippen LogP contribution in [0, 0.1) is 5.92 Å². The number of unbranched alkanes of at least 4 members (excludes halogenated alkanes) is 31. The summed E-state index contributed by atoms with van der Waals surface area (Å²) in [6.45, 7) is 8.96. The topological polar surface area (TPSA) is 78.9 Å². The maximum absolute atomic E-state index is 12.7. The number of esters is 3. The Labute approximate surface area is 342 Å². The summed E-state index contributed by atoms with van der Waals surface area (Å²) in [5.74, 6) is -0.0701. The zero-order chi connectivity index (χ0) is 40.3. The lowest BCUT2D eigenvalue weighted by atomic mass is 10.0. The lowest BCUT2D eigenvalue weighted by Gasteiger charge is -2.18. The Bertz CT molecular complexity index is 826. The maximum atomic E-state index is 12.7. The molecule has 0 bridgehead atoms. The quantitative estimate of drug-likeness (QED) is 0.0348. The zero-order valence-electron chi connectivity index (χ0n) is 37.4. The smallest absolute Gasteiger partial charge is 0.306 e. The highest BCUT2D eigenvalue weighted by atomic mass is 16.6. The molecule has 0 aliphatic heterocycles. The third-order valence-electron chi connectivity index (χ3n) is 11.0. The van der Waals surface area contributed by atoms with Gasteiger partial charge in [0, 0.05) is 19.3 Å². The molecule has 0 radical (unpaired) electrons. The summed E-state index contributed by atoms with van der Waals surface area (Å²) >= 11 is 0. The predicted octanol–water partition coefficient (Wildman–Crippen LogP) is 15.5. The minimum atomic E-state index is -0.760. The van der Waals surface area contributed by atoms with E-state index in [0.29, 0.717) is 19.3 Å². The normalized spacial score (nSPS) is 11.9. The Kier molecular flexibility index (Phi) is 42.3. The lowest BCUT2D eigenvalue weighted by Crippen LogP contribution is -2.30. The summed E-state index contributed by atoms with van der Waals surface area (Å²) in [6, 6.07) is 0. The van der Waals surface area contributed by atoms with Gasteiger partial charge in [-0.3, -0.25) is 14.4 Å². The van der Waals surface area contributed by atoms with Gasteiger partial charge in [-0.2, -0.15) is 0 Å². The highest BCUT2D eigenvalue weighted by Gasteiger charge is 2.19. The van der Waals surface area contributed by atoms with Crippen molar-refractivity contribution in [2.24, 2.45) is 5.92 Å². The van der Waals surface area contributed by atoms with Crippen LogP contribution >= 0.6 is 0 Å². The van der Waals surface area contributed by atoms with Crippen molar-refractivity contribution < 1.29 is 28.6 Å². The first-order valence-electron chi connectivity index (χ1n) is 24.4. The summed E-state index contributed by atoms with van der Waals surface area (Å²) in [6.07, 6.45) is 43.8. The molecule has 0 aromatic rings. The highest BCUT2D eigenvalue weighted by Crippen LogP contribution is 2.16. The number of carbonyl (C=O) groups excluding carboxylic acids is 3. The molecule has 0 heterocycles. The van der Waals surface area contributed by atoms with Crippen molar-refractivity contribution >= 4 is 17.9 Å². The molecule has 0 unspecified atom stereocenters. The molecule has 1 atom stereocenters. The highest BCUT2D eigenvalue weighted by molar-refractivity contribution is 5.71. The molecule has 0 amide bonds. The molecular weight excluding hydrogens is 685 g/mol. The molecule has 0 rings (SSSR count). The third-order valence-corrected chi connectivity index (χ3v) is 11.0. The Morgan fingerprint density at radius 2 is 0.600 bits per heavy atom. The van der Waals surface area contributed by atoms with E-state index in [0.717, 1.165) is 63.7 Å². The van der Waals surface area contributed by atoms with E-state index in [1.54, 1.807) is 0 Å². The van der Waals surface area contributed by atoms with Gasteiger partial charge in [0.05, 0.1) is 0 Å². The molecule has 0 fully saturated rings. The van der Waals surface area contributed by atoms with E-state index < -0.39 is 6.10 Å². The first kappa shape index (κ1) is 53.4. The average Bonchev–Trinajstić information content (AvgIpc) is 3.17. The molecular formula is C49H94O6. The van der Waals surface area contributed by atoms with E-state index >= 15 is 0 Å². The van der Waals surface area contributed by atoms with E-state index in [1.807, 2.05) is 0 Å². The van der Waals surface area contributed by atoms with Gasteiger partial charge in [-0.15, -0.1) is 0 Å². The first-order valence-corrected chi connectivity index (χ1v) is 24.4. The largest absolute Gasteiger partial charge is 0.462 e. The summed E-state index contributed by atoms with van der Waals surface area (Å²) in [4.78, 5) is 37.8. The van der Waals surface area contributed by atoms with Crippen molar-refractivity contribution in [1.29, 1.82) is 0 Å². The number of hydrogen-bond acceptors (Lipinski definition) is 6. The zero-order valence-corrected chi connectivity index (χ0v) is 37.4. The second-order valence-electron chi connectivity index (χ2n) is 17.2. The van der Waals surface area contributed by atoms with Crippen LogP contribution in [0.4, 0.5) is 0 Å². The van der Waals surface area contributed by atoms with Crippen LogP contribution in [0.1, 0.15) is 272 Å². The van der Waals surface area contributed by atoms with Gasteiger partial charge in [-0.05, 0) is 25.2 Å². The van der Waals surface area contributed by atoms with Crippen LogP contribution in [0.2, 0.25) is 0 Å². The monoisotopic (exact) mass is 779 g/mol. The van der Waals surface area contributed by atoms with Gasteiger partial charge in [-0.1, -0.05) is 233 Å². The standard InChI is InChI=1S/C49H94O6/c1-5-7-9-11-13-15-17-19-20-21-23-24-28-32-36-40-47(50)53-43-46(44-54-48(51)41-37-33-30-26-27-31-35-39-45(3)4)55-49(52)42-38-34-29-25-22-18-16-14-12-10-8-6-2/h45-46H,5-44H2,1-4H3/t46-/m1/s1. The minimum absolute atomic E-state index is 0.0636. The number of rotatable bonds is 44. The third kappa shape index (κ3) is 43.4. The van der Waals surface area contributed by atoms with E-state index in [2.05, 4.69) is 27.7 Å². The molecule has 0 spiro atoms. The SMILES string of the molecule is CCCCCCCCCCCCCCCCCC(=O)OC[C@H](COC(=O)CCCCCCCCCC(C)C)OC(=O)CCCCCCCCCCCCCC. The predicted molar refractivity (Wildman–Crippen MR) is 233 cm³/mol. The number of ether oxygens (including phenoxy) is 3. The van der Waals surface area contributed by atoms with Crippen molar-refractivity contribution in [3.05, 3.63) is 0 Å². The van der Waals surface area contributed by atoms with Gasteiger partial charge in [0.1, 0.15) is 13.2 Å². The average molecular weight is 779 g/mol. The Hall–Kier alpha value is -1.59. The molecule has 55 heavy (non-hydrogen) atoms. The van der Waals surface area contributed by atoms with Crippen LogP contribution in [0.5, 0.6) is 0 Å². The molecule has 0 saturated carbocycles. The van der Waals surface area contributed by atoms with Crippen LogP contribution < -0.4 is 0 Å². The van der Waals surface area contributed by atoms with Crippen molar-refractivity contribution in [3.63, 3.8) is 0 Å². The van der Waals surface area contributed by atoms with Gasteiger partial charge >= 0.3 is 17.9 Å². The molecule has 0 aromatic carbocycles. The van der Waals surface area contributed by atoms with Crippen LogP contribution in [0.15, 0.2) is 0 Å². The molecule has 0 aliphatic carbocycles. The van der Waals surface area contributed by atoms with Crippen molar-refractivity contribution in [2.75, 3.05) is 13.2 Å². The molecule has 0 N–H and O–H groups in total. The van der Waals surface area contributed by atoms with Crippen molar-refractivity contribution in [3.8, 4) is 0 Å². The van der Waals surface area contributed by atoms with E-state index in [1.165, 1.54) is 167 Å². The summed E-state index contributed by atoms with van der Waals surface area (Å²) in [7, 11) is 0. The Balaban J connectivity index is 4.29. The van der Waals surface area contributed by atoms with Crippen molar-refractivity contribution in [2.45, 2.75) is 278 Å². The fourth-order valence-electron chi connectivity index (χ4n) is 7.33. The van der Waals surface area contributed by atoms with Gasteiger partial charge in [0.2, 0.25) is 0 Å². The van der Waals surface area contributed by atoms with Crippen LogP contribution in [-0.4, -0.2) is 37.2 Å². The minimum Gasteiger partial charge on any atom is -0.462 e. The Morgan fingerprint density at radius 3 is 0.891 bits per heavy atom. The van der Waals surface area contributed by atoms with E-state index in [-0.39, 0.29) is 31.1 Å². The van der Waals surface area contributed by atoms with Crippen LogP contribution in [-0.2, 0) is 28.6 Å². The number of carbonyl (C=O) groups is 3. The molecule has 0 aliphatic rings. The maximum Gasteiger partial charge on any atom is 0.306 e. The lowest BCUT2D eigenvalue weighted by molar-refractivity contribution is -0.167. The van der Waals surface area contributed by atoms with Gasteiger partial charge in [0.25, 0.3) is 0 Å². The Morgan fingerprint density at radius 1 is 0.345 bits per heavy atom. The molecule has 6 nitrogen and oxygen atoms in total. The van der Waals surface area contributed by atoms with E-state index in [9.17, 15) is 14.4 Å². The fraction of sp³-hybridized carbons (Fsp3) is 0.939. The number of hydrogen-bond donors (Lipinski definition) is 0. The first-order chi connectivity index (χ1) is 26.9. The van der Waals surface area contributed by atoms with Gasteiger partial charge in [0.15, 0.2) is 6.10 Å². The fourth-order valence-corrected chi connectivity index (χ4v) is 7.33. The van der Waals surface area contributed by atoms with Gasteiger partial charge < -0.3 is 14.2 Å². The van der Waals surface area contributed by atoms with E-state index in [4.69, 9.17) is 14.2 Å². The summed E-state index contributed by atoms with van der Waals surface area (Å²) in [5.41, 5.74) is 0. The molecule has 0 aromatic heterocycles. The van der Waals surface area contributed by atoms with Crippen LogP contribution in [0.25, 0.3) is 0 Å². The van der Waals surface area contributed by atoms with Crippen LogP contribution in [0.3, 0.4) is 0 Å². The summed E-state index contributed by atoms with van der Waals surface area (Å²) < 4.78 is 16.7. The second-order valence-corrected chi connectivity index (χ2v) is 17.2. The summed E-state index contributed by atoms with van der Waals surface area (Å²) in [5, 5.41) is 0. The van der Waals surface area contributed by atoms with Crippen molar-refractivity contribution in [1.82, 2.24) is 0 Å². The molecule has 6 heteroatoms. The van der Waals surface area contributed by atoms with Gasteiger partial charge in [-0.25, -0.2) is 0 Å².